The van der Waals surface area contributed by atoms with Gasteiger partial charge in [0.05, 0.1) is 5.69 Å². The Kier molecular flexibility index (Phi) is 5.25. The van der Waals surface area contributed by atoms with Crippen LogP contribution in [0.15, 0.2) is 5.38 Å². The molecule has 1 unspecified atom stereocenters. The van der Waals surface area contributed by atoms with E-state index in [4.69, 9.17) is 0 Å². The molecule has 0 aliphatic carbocycles. The van der Waals surface area contributed by atoms with E-state index < -0.39 is 0 Å². The van der Waals surface area contributed by atoms with Crippen LogP contribution in [0.5, 0.6) is 0 Å². The predicted octanol–water partition coefficient (Wildman–Crippen LogP) is 1.63. The number of carbonyl (C=O) groups is 1. The average molecular weight is 348 g/mol. The summed E-state index contributed by atoms with van der Waals surface area (Å²) in [4.78, 5) is 17.5. The second kappa shape index (κ2) is 7.40. The van der Waals surface area contributed by atoms with Crippen LogP contribution in [0.3, 0.4) is 0 Å². The summed E-state index contributed by atoms with van der Waals surface area (Å²) in [7, 11) is 1.75. The number of hydrogen-bond acceptors (Lipinski definition) is 6. The van der Waals surface area contributed by atoms with Crippen molar-refractivity contribution < 1.29 is 4.79 Å². The highest BCUT2D eigenvalue weighted by atomic mass is 32.1. The van der Waals surface area contributed by atoms with Crippen LogP contribution >= 0.6 is 11.3 Å². The minimum absolute atomic E-state index is 0.00235. The molecule has 2 aromatic rings. The highest BCUT2D eigenvalue weighted by molar-refractivity contribution is 7.14. The van der Waals surface area contributed by atoms with Crippen LogP contribution < -0.4 is 10.2 Å². The number of amides is 1. The molecular weight excluding hydrogens is 324 g/mol. The van der Waals surface area contributed by atoms with Gasteiger partial charge in [0, 0.05) is 51.8 Å². The van der Waals surface area contributed by atoms with E-state index in [0.717, 1.165) is 61.4 Å². The highest BCUT2D eigenvalue weighted by Crippen LogP contribution is 2.21. The third-order valence-electron chi connectivity index (χ3n) is 4.48. The van der Waals surface area contributed by atoms with Gasteiger partial charge in [-0.15, -0.1) is 21.5 Å². The molecule has 1 atom stereocenters. The molecule has 0 saturated carbocycles. The van der Waals surface area contributed by atoms with E-state index in [9.17, 15) is 4.79 Å². The number of hydrogen-bond donors (Lipinski definition) is 1. The smallest absolute Gasteiger partial charge is 0.225 e. The van der Waals surface area contributed by atoms with Crippen LogP contribution in [0, 0.1) is 5.92 Å². The van der Waals surface area contributed by atoms with E-state index in [1.807, 2.05) is 5.38 Å². The first kappa shape index (κ1) is 17.0. The molecule has 24 heavy (non-hydrogen) atoms. The van der Waals surface area contributed by atoms with Gasteiger partial charge in [-0.3, -0.25) is 9.69 Å². The summed E-state index contributed by atoms with van der Waals surface area (Å²) in [5, 5.41) is 14.8. The Hall–Kier alpha value is -1.80. The summed E-state index contributed by atoms with van der Waals surface area (Å²) >= 11 is 1.50. The van der Waals surface area contributed by atoms with Crippen LogP contribution in [0.4, 0.5) is 5.13 Å². The molecule has 130 valence electrons. The van der Waals surface area contributed by atoms with Gasteiger partial charge in [0.15, 0.2) is 5.13 Å². The molecule has 1 amide bonds. The number of thiazole rings is 1. The van der Waals surface area contributed by atoms with Crippen molar-refractivity contribution in [2.75, 3.05) is 18.5 Å². The Morgan fingerprint density at radius 1 is 1.50 bits per heavy atom. The van der Waals surface area contributed by atoms with Crippen LogP contribution in [-0.2, 0) is 30.7 Å². The molecule has 0 bridgehead atoms. The van der Waals surface area contributed by atoms with E-state index >= 15 is 0 Å². The fraction of sp³-hybridized carbons (Fsp3) is 0.625. The zero-order chi connectivity index (χ0) is 17.1. The normalized spacial score (nSPS) is 16.9. The Bertz CT molecular complexity index is 696. The van der Waals surface area contributed by atoms with Gasteiger partial charge in [0.2, 0.25) is 5.91 Å². The van der Waals surface area contributed by atoms with Gasteiger partial charge >= 0.3 is 0 Å². The van der Waals surface area contributed by atoms with Crippen molar-refractivity contribution in [3.05, 3.63) is 22.7 Å². The van der Waals surface area contributed by atoms with Crippen LogP contribution in [0.1, 0.15) is 37.6 Å². The fourth-order valence-electron chi connectivity index (χ4n) is 2.95. The van der Waals surface area contributed by atoms with E-state index in [1.54, 1.807) is 18.9 Å². The number of carbonyl (C=O) groups excluding carboxylic acids is 1. The molecule has 0 fully saturated rings. The molecule has 1 aliphatic rings. The molecule has 7 nitrogen and oxygen atoms in total. The maximum absolute atomic E-state index is 11.4. The first-order valence-electron chi connectivity index (χ1n) is 8.38. The lowest BCUT2D eigenvalue weighted by atomic mass is 9.99. The number of aromatic nitrogens is 4. The SMILES string of the molecule is CCc1nnc2n1CC(CNCc1csc(N(C)C(C)=O)n1)CC2. The van der Waals surface area contributed by atoms with Crippen LogP contribution in [0.2, 0.25) is 0 Å². The first-order chi connectivity index (χ1) is 11.6. The summed E-state index contributed by atoms with van der Waals surface area (Å²) in [5.74, 6) is 2.81. The number of nitrogens with zero attached hydrogens (tertiary/aromatic N) is 5. The second-order valence-electron chi connectivity index (χ2n) is 6.23. The summed E-state index contributed by atoms with van der Waals surface area (Å²) in [6.07, 6.45) is 3.08. The summed E-state index contributed by atoms with van der Waals surface area (Å²) in [6.45, 7) is 6.35. The van der Waals surface area contributed by atoms with Gasteiger partial charge in [0.1, 0.15) is 11.6 Å². The monoisotopic (exact) mass is 348 g/mol. The fourth-order valence-corrected chi connectivity index (χ4v) is 3.78. The maximum atomic E-state index is 11.4. The predicted molar refractivity (Wildman–Crippen MR) is 94.1 cm³/mol. The molecule has 3 rings (SSSR count). The zero-order valence-electron chi connectivity index (χ0n) is 14.4. The van der Waals surface area contributed by atoms with Crippen molar-refractivity contribution in [2.45, 2.75) is 46.2 Å². The lowest BCUT2D eigenvalue weighted by Crippen LogP contribution is -2.30. The molecule has 2 aromatic heterocycles. The summed E-state index contributed by atoms with van der Waals surface area (Å²) in [5.41, 5.74) is 0.984. The molecule has 0 aromatic carbocycles. The zero-order valence-corrected chi connectivity index (χ0v) is 15.3. The standard InChI is InChI=1S/C16H24N6OS/c1-4-14-19-20-15-6-5-12(9-22(14)15)7-17-8-13-10-24-16(18-13)21(3)11(2)23/h10,12,17H,4-9H2,1-3H3. The number of aryl methyl sites for hydroxylation is 2. The van der Waals surface area contributed by atoms with Gasteiger partial charge in [0.25, 0.3) is 0 Å². The molecule has 8 heteroatoms. The van der Waals surface area contributed by atoms with Gasteiger partial charge in [-0.25, -0.2) is 4.98 Å². The highest BCUT2D eigenvalue weighted by Gasteiger charge is 2.22. The maximum Gasteiger partial charge on any atom is 0.225 e. The van der Waals surface area contributed by atoms with Crippen molar-refractivity contribution in [3.8, 4) is 0 Å². The largest absolute Gasteiger partial charge is 0.315 e. The number of fused-ring (bicyclic) bond motifs is 1. The molecule has 0 radical (unpaired) electrons. The molecule has 0 saturated heterocycles. The first-order valence-corrected chi connectivity index (χ1v) is 9.26. The summed E-state index contributed by atoms with van der Waals surface area (Å²) < 4.78 is 2.28. The molecular formula is C16H24N6OS. The molecule has 1 N–H and O–H groups in total. The topological polar surface area (TPSA) is 75.9 Å². The van der Waals surface area contributed by atoms with E-state index in [1.165, 1.54) is 11.3 Å². The molecule has 0 spiro atoms. The molecule has 3 heterocycles. The van der Waals surface area contributed by atoms with Crippen molar-refractivity contribution in [1.82, 2.24) is 25.1 Å². The lowest BCUT2D eigenvalue weighted by Gasteiger charge is -2.24. The van der Waals surface area contributed by atoms with Crippen LogP contribution in [-0.4, -0.2) is 39.2 Å². The van der Waals surface area contributed by atoms with E-state index in [-0.39, 0.29) is 5.91 Å². The van der Waals surface area contributed by atoms with E-state index in [0.29, 0.717) is 5.92 Å². The number of rotatable bonds is 6. The minimum Gasteiger partial charge on any atom is -0.315 e. The third kappa shape index (κ3) is 3.64. The Labute approximate surface area is 146 Å². The van der Waals surface area contributed by atoms with Crippen molar-refractivity contribution in [3.63, 3.8) is 0 Å². The van der Waals surface area contributed by atoms with Gasteiger partial charge in [-0.1, -0.05) is 6.92 Å². The van der Waals surface area contributed by atoms with Crippen molar-refractivity contribution in [1.29, 1.82) is 0 Å². The Morgan fingerprint density at radius 3 is 3.08 bits per heavy atom. The molecule has 1 aliphatic heterocycles. The number of nitrogens with one attached hydrogen (secondary N) is 1. The number of anilines is 1. The Morgan fingerprint density at radius 2 is 2.33 bits per heavy atom. The lowest BCUT2D eigenvalue weighted by molar-refractivity contribution is -0.116. The Balaban J connectivity index is 1.50. The van der Waals surface area contributed by atoms with Gasteiger partial charge < -0.3 is 9.88 Å². The third-order valence-corrected chi connectivity index (χ3v) is 5.44. The van der Waals surface area contributed by atoms with Crippen LogP contribution in [0.25, 0.3) is 0 Å². The quantitative estimate of drug-likeness (QED) is 0.859. The second-order valence-corrected chi connectivity index (χ2v) is 7.07. The summed E-state index contributed by atoms with van der Waals surface area (Å²) in [6, 6.07) is 0. The average Bonchev–Trinajstić information content (AvgIpc) is 3.20. The van der Waals surface area contributed by atoms with E-state index in [2.05, 4.69) is 32.0 Å². The van der Waals surface area contributed by atoms with Crippen molar-refractivity contribution >= 4 is 22.4 Å². The van der Waals surface area contributed by atoms with Gasteiger partial charge in [-0.2, -0.15) is 0 Å². The van der Waals surface area contributed by atoms with Gasteiger partial charge in [-0.05, 0) is 12.3 Å². The van der Waals surface area contributed by atoms with Crippen molar-refractivity contribution in [2.24, 2.45) is 5.92 Å². The minimum atomic E-state index is 0.00235.